The van der Waals surface area contributed by atoms with E-state index >= 15 is 0 Å². The van der Waals surface area contributed by atoms with E-state index in [0.717, 1.165) is 12.0 Å². The van der Waals surface area contributed by atoms with E-state index in [0.29, 0.717) is 12.5 Å². The first-order valence-electron chi connectivity index (χ1n) is 7.16. The van der Waals surface area contributed by atoms with Crippen molar-refractivity contribution in [3.63, 3.8) is 0 Å². The summed E-state index contributed by atoms with van der Waals surface area (Å²) in [7, 11) is 0. The number of rotatable bonds is 8. The lowest BCUT2D eigenvalue weighted by Gasteiger charge is -2.19. The molecular weight excluding hydrogens is 288 g/mol. The van der Waals surface area contributed by atoms with Crippen LogP contribution in [0.5, 0.6) is 0 Å². The Morgan fingerprint density at radius 2 is 2.05 bits per heavy atom. The van der Waals surface area contributed by atoms with Crippen LogP contribution in [0.15, 0.2) is 16.8 Å². The highest BCUT2D eigenvalue weighted by atomic mass is 32.1. The van der Waals surface area contributed by atoms with Gasteiger partial charge in [-0.2, -0.15) is 11.3 Å². The second-order valence-corrected chi connectivity index (χ2v) is 6.51. The SMILES string of the molecule is CC(C)CC(CNC(=O)NC(C)c1ccsc1)CC(=O)O. The zero-order chi connectivity index (χ0) is 15.8. The Kier molecular flexibility index (Phi) is 7.22. The first-order valence-corrected chi connectivity index (χ1v) is 8.11. The van der Waals surface area contributed by atoms with Gasteiger partial charge in [0.15, 0.2) is 0 Å². The number of aliphatic carboxylic acids is 1. The van der Waals surface area contributed by atoms with E-state index < -0.39 is 5.97 Å². The zero-order valence-corrected chi connectivity index (χ0v) is 13.6. The van der Waals surface area contributed by atoms with Crippen molar-refractivity contribution >= 4 is 23.3 Å². The van der Waals surface area contributed by atoms with Gasteiger partial charge in [-0.1, -0.05) is 13.8 Å². The van der Waals surface area contributed by atoms with Crippen LogP contribution in [-0.2, 0) is 4.79 Å². The molecule has 2 atom stereocenters. The summed E-state index contributed by atoms with van der Waals surface area (Å²) in [6, 6.07) is 1.66. The van der Waals surface area contributed by atoms with Gasteiger partial charge in [0.2, 0.25) is 0 Å². The zero-order valence-electron chi connectivity index (χ0n) is 12.8. The number of thiophene rings is 1. The molecule has 21 heavy (non-hydrogen) atoms. The standard InChI is InChI=1S/C15H24N2O3S/c1-10(2)6-12(7-14(18)19)8-16-15(20)17-11(3)13-4-5-21-9-13/h4-5,9-12H,6-8H2,1-3H3,(H,18,19)(H2,16,17,20). The van der Waals surface area contributed by atoms with E-state index in [9.17, 15) is 9.59 Å². The molecule has 0 aliphatic heterocycles. The van der Waals surface area contributed by atoms with Crippen LogP contribution < -0.4 is 10.6 Å². The fraction of sp³-hybridized carbons (Fsp3) is 0.600. The van der Waals surface area contributed by atoms with Crippen molar-refractivity contribution in [2.24, 2.45) is 11.8 Å². The molecule has 1 aromatic rings. The summed E-state index contributed by atoms with van der Waals surface area (Å²) in [6.07, 6.45) is 0.866. The normalized spacial score (nSPS) is 13.7. The van der Waals surface area contributed by atoms with E-state index in [2.05, 4.69) is 10.6 Å². The average Bonchev–Trinajstić information content (AvgIpc) is 2.88. The van der Waals surface area contributed by atoms with Crippen molar-refractivity contribution < 1.29 is 14.7 Å². The lowest BCUT2D eigenvalue weighted by molar-refractivity contribution is -0.138. The summed E-state index contributed by atoms with van der Waals surface area (Å²) in [5, 5.41) is 18.5. The van der Waals surface area contributed by atoms with Crippen molar-refractivity contribution in [1.29, 1.82) is 0 Å². The smallest absolute Gasteiger partial charge is 0.315 e. The molecule has 0 bridgehead atoms. The minimum absolute atomic E-state index is 0.0373. The van der Waals surface area contributed by atoms with Gasteiger partial charge in [0, 0.05) is 13.0 Å². The number of carboxylic acid groups (broad SMARTS) is 1. The maximum atomic E-state index is 11.9. The van der Waals surface area contributed by atoms with E-state index in [4.69, 9.17) is 5.11 Å². The Balaban J connectivity index is 2.40. The number of hydrogen-bond donors (Lipinski definition) is 3. The molecule has 6 heteroatoms. The van der Waals surface area contributed by atoms with Crippen molar-refractivity contribution in [1.82, 2.24) is 10.6 Å². The molecule has 1 rings (SSSR count). The molecule has 0 aliphatic rings. The fourth-order valence-electron chi connectivity index (χ4n) is 2.24. The van der Waals surface area contributed by atoms with E-state index in [1.54, 1.807) is 11.3 Å². The van der Waals surface area contributed by atoms with E-state index in [-0.39, 0.29) is 24.4 Å². The van der Waals surface area contributed by atoms with Crippen LogP contribution in [0.25, 0.3) is 0 Å². The van der Waals surface area contributed by atoms with Crippen LogP contribution in [0.2, 0.25) is 0 Å². The second kappa shape index (κ2) is 8.67. The van der Waals surface area contributed by atoms with E-state index in [1.165, 1.54) is 0 Å². The molecule has 3 N–H and O–H groups in total. The Morgan fingerprint density at radius 1 is 1.33 bits per heavy atom. The van der Waals surface area contributed by atoms with Gasteiger partial charge in [-0.15, -0.1) is 0 Å². The van der Waals surface area contributed by atoms with Gasteiger partial charge >= 0.3 is 12.0 Å². The predicted octanol–water partition coefficient (Wildman–Crippen LogP) is 3.25. The summed E-state index contributed by atoms with van der Waals surface area (Å²) in [5.41, 5.74) is 1.07. The van der Waals surface area contributed by atoms with Crippen molar-refractivity contribution in [2.75, 3.05) is 6.54 Å². The molecule has 0 spiro atoms. The number of hydrogen-bond acceptors (Lipinski definition) is 3. The third-order valence-corrected chi connectivity index (χ3v) is 3.91. The number of carboxylic acids is 1. The molecule has 1 aromatic heterocycles. The third kappa shape index (κ3) is 7.13. The van der Waals surface area contributed by atoms with Crippen molar-refractivity contribution in [2.45, 2.75) is 39.7 Å². The van der Waals surface area contributed by atoms with Gasteiger partial charge < -0.3 is 15.7 Å². The molecule has 0 aromatic carbocycles. The van der Waals surface area contributed by atoms with Crippen LogP contribution in [0.3, 0.4) is 0 Å². The molecular formula is C15H24N2O3S. The number of nitrogens with one attached hydrogen (secondary N) is 2. The second-order valence-electron chi connectivity index (χ2n) is 5.73. The monoisotopic (exact) mass is 312 g/mol. The molecule has 2 amide bonds. The first kappa shape index (κ1) is 17.5. The summed E-state index contributed by atoms with van der Waals surface area (Å²) < 4.78 is 0. The van der Waals surface area contributed by atoms with E-state index in [1.807, 2.05) is 37.6 Å². The van der Waals surface area contributed by atoms with Crippen LogP contribution in [0.1, 0.15) is 45.2 Å². The van der Waals surface area contributed by atoms with Crippen LogP contribution >= 0.6 is 11.3 Å². The van der Waals surface area contributed by atoms with Crippen LogP contribution in [0, 0.1) is 11.8 Å². The van der Waals surface area contributed by atoms with Crippen molar-refractivity contribution in [3.8, 4) is 0 Å². The summed E-state index contributed by atoms with van der Waals surface area (Å²) in [4.78, 5) is 22.7. The minimum Gasteiger partial charge on any atom is -0.481 e. The number of carbonyl (C=O) groups excluding carboxylic acids is 1. The van der Waals surface area contributed by atoms with Crippen molar-refractivity contribution in [3.05, 3.63) is 22.4 Å². The fourth-order valence-corrected chi connectivity index (χ4v) is 3.00. The Labute approximate surface area is 129 Å². The van der Waals surface area contributed by atoms with Crippen LogP contribution in [-0.4, -0.2) is 23.7 Å². The highest BCUT2D eigenvalue weighted by Crippen LogP contribution is 2.16. The molecule has 118 valence electrons. The van der Waals surface area contributed by atoms with Crippen LogP contribution in [0.4, 0.5) is 4.79 Å². The number of carbonyl (C=O) groups is 2. The number of urea groups is 1. The van der Waals surface area contributed by atoms with Gasteiger partial charge in [-0.3, -0.25) is 4.79 Å². The lowest BCUT2D eigenvalue weighted by atomic mass is 9.94. The molecule has 5 nitrogen and oxygen atoms in total. The topological polar surface area (TPSA) is 78.4 Å². The van der Waals surface area contributed by atoms with Gasteiger partial charge in [-0.05, 0) is 47.6 Å². The average molecular weight is 312 g/mol. The molecule has 0 radical (unpaired) electrons. The largest absolute Gasteiger partial charge is 0.481 e. The molecule has 0 saturated carbocycles. The van der Waals surface area contributed by atoms with Gasteiger partial charge in [0.05, 0.1) is 6.04 Å². The summed E-state index contributed by atoms with van der Waals surface area (Å²) in [5.74, 6) is -0.455. The Bertz CT molecular complexity index is 446. The molecule has 0 saturated heterocycles. The van der Waals surface area contributed by atoms with Gasteiger partial charge in [0.1, 0.15) is 0 Å². The van der Waals surface area contributed by atoms with Gasteiger partial charge in [0.25, 0.3) is 0 Å². The Hall–Kier alpha value is -1.56. The number of amides is 2. The third-order valence-electron chi connectivity index (χ3n) is 3.21. The summed E-state index contributed by atoms with van der Waals surface area (Å²) in [6.45, 7) is 6.40. The maximum absolute atomic E-state index is 11.9. The quantitative estimate of drug-likeness (QED) is 0.689. The maximum Gasteiger partial charge on any atom is 0.315 e. The first-order chi connectivity index (χ1) is 9.88. The Morgan fingerprint density at radius 3 is 2.57 bits per heavy atom. The minimum atomic E-state index is -0.825. The predicted molar refractivity (Wildman–Crippen MR) is 84.5 cm³/mol. The lowest BCUT2D eigenvalue weighted by Crippen LogP contribution is -2.40. The van der Waals surface area contributed by atoms with Gasteiger partial charge in [-0.25, -0.2) is 4.79 Å². The summed E-state index contributed by atoms with van der Waals surface area (Å²) >= 11 is 1.59. The highest BCUT2D eigenvalue weighted by Gasteiger charge is 2.17. The highest BCUT2D eigenvalue weighted by molar-refractivity contribution is 7.07. The molecule has 0 aliphatic carbocycles. The molecule has 0 fully saturated rings. The molecule has 2 unspecified atom stereocenters. The molecule has 1 heterocycles.